The van der Waals surface area contributed by atoms with Gasteiger partial charge in [0.2, 0.25) is 5.91 Å². The third-order valence-corrected chi connectivity index (χ3v) is 9.85. The smallest absolute Gasteiger partial charge is 0.227 e. The Hall–Kier alpha value is -2.35. The molecule has 8 heteroatoms. The molecule has 2 saturated heterocycles. The molecule has 6 nitrogen and oxygen atoms in total. The van der Waals surface area contributed by atoms with Crippen LogP contribution in [0.4, 0.5) is 4.39 Å². The predicted octanol–water partition coefficient (Wildman–Crippen LogP) is 5.55. The number of likely N-dealkylation sites (tertiary alicyclic amines) is 1. The number of benzene rings is 2. The largest absolute Gasteiger partial charge is 0.493 e. The van der Waals surface area contributed by atoms with Gasteiger partial charge in [0.05, 0.1) is 20.6 Å². The highest BCUT2D eigenvalue weighted by molar-refractivity contribution is 6.31. The van der Waals surface area contributed by atoms with Crippen molar-refractivity contribution in [2.75, 3.05) is 60.0 Å². The van der Waals surface area contributed by atoms with Crippen molar-refractivity contribution >= 4 is 17.5 Å². The average Bonchev–Trinajstić information content (AvgIpc) is 3.44. The maximum atomic E-state index is 14.5. The molecule has 2 aromatic carbocycles. The van der Waals surface area contributed by atoms with Gasteiger partial charge in [-0.1, -0.05) is 43.0 Å². The predicted molar refractivity (Wildman–Crippen MR) is 157 cm³/mol. The van der Waals surface area contributed by atoms with Crippen molar-refractivity contribution in [1.82, 2.24) is 14.7 Å². The van der Waals surface area contributed by atoms with Crippen molar-refractivity contribution in [2.45, 2.75) is 62.8 Å². The fourth-order valence-corrected chi connectivity index (χ4v) is 7.20. The van der Waals surface area contributed by atoms with Gasteiger partial charge in [-0.25, -0.2) is 4.39 Å². The van der Waals surface area contributed by atoms with Gasteiger partial charge in [-0.3, -0.25) is 9.69 Å². The lowest BCUT2D eigenvalue weighted by Gasteiger charge is -2.42. The van der Waals surface area contributed by atoms with Gasteiger partial charge in [0.1, 0.15) is 5.82 Å². The van der Waals surface area contributed by atoms with Gasteiger partial charge in [0.25, 0.3) is 0 Å². The molecule has 1 amide bonds. The molecule has 2 aliphatic heterocycles. The summed E-state index contributed by atoms with van der Waals surface area (Å²) in [5.41, 5.74) is 1.22. The molecular formula is C32H43ClFN3O3. The van der Waals surface area contributed by atoms with Crippen LogP contribution < -0.4 is 9.47 Å². The number of nitrogens with zero attached hydrogens (tertiary/aromatic N) is 3. The van der Waals surface area contributed by atoms with Crippen LogP contribution in [0.2, 0.25) is 5.02 Å². The van der Waals surface area contributed by atoms with Crippen molar-refractivity contribution in [3.8, 4) is 11.5 Å². The molecular weight excluding hydrogens is 529 g/mol. The monoisotopic (exact) mass is 571 g/mol. The second-order valence-corrected chi connectivity index (χ2v) is 12.1. The molecule has 1 saturated carbocycles. The third kappa shape index (κ3) is 6.42. The number of carbonyl (C=O) groups excluding carboxylic acids is 1. The zero-order valence-corrected chi connectivity index (χ0v) is 24.7. The van der Waals surface area contributed by atoms with Gasteiger partial charge in [-0.2, -0.15) is 0 Å². The number of methoxy groups -OCH3 is 2. The SMILES string of the molecule is COc1ccc(C2(CCN3CCN(C4CCCCC4)CC3)CCN(C(=O)Cc3c(F)cccc3Cl)C2)cc1OC. The minimum absolute atomic E-state index is 0.0311. The first kappa shape index (κ1) is 29.2. The molecule has 0 bridgehead atoms. The van der Waals surface area contributed by atoms with E-state index in [1.54, 1.807) is 26.4 Å². The topological polar surface area (TPSA) is 45.2 Å². The summed E-state index contributed by atoms with van der Waals surface area (Å²) in [6.45, 7) is 6.67. The van der Waals surface area contributed by atoms with Crippen molar-refractivity contribution in [3.63, 3.8) is 0 Å². The molecule has 218 valence electrons. The molecule has 0 radical (unpaired) electrons. The van der Waals surface area contributed by atoms with Crippen LogP contribution in [0.1, 0.15) is 56.1 Å². The number of ether oxygens (including phenoxy) is 2. The van der Waals surface area contributed by atoms with E-state index in [0.29, 0.717) is 29.6 Å². The first-order valence-electron chi connectivity index (χ1n) is 14.8. The number of piperazine rings is 1. The normalized spacial score (nSPS) is 22.9. The van der Waals surface area contributed by atoms with E-state index in [-0.39, 0.29) is 23.3 Å². The summed E-state index contributed by atoms with van der Waals surface area (Å²) in [7, 11) is 3.30. The number of hydrogen-bond donors (Lipinski definition) is 0. The van der Waals surface area contributed by atoms with E-state index >= 15 is 0 Å². The minimum Gasteiger partial charge on any atom is -0.493 e. The van der Waals surface area contributed by atoms with Crippen LogP contribution in [-0.2, 0) is 16.6 Å². The van der Waals surface area contributed by atoms with E-state index in [9.17, 15) is 9.18 Å². The Labute approximate surface area is 243 Å². The first-order valence-corrected chi connectivity index (χ1v) is 15.2. The molecule has 2 heterocycles. The number of hydrogen-bond acceptors (Lipinski definition) is 5. The molecule has 1 unspecified atom stereocenters. The van der Waals surface area contributed by atoms with Crippen LogP contribution in [-0.4, -0.2) is 86.7 Å². The van der Waals surface area contributed by atoms with E-state index in [4.69, 9.17) is 21.1 Å². The second kappa shape index (κ2) is 13.1. The Morgan fingerprint density at radius 2 is 1.75 bits per heavy atom. The first-order chi connectivity index (χ1) is 19.4. The molecule has 3 fully saturated rings. The summed E-state index contributed by atoms with van der Waals surface area (Å²) in [5, 5.41) is 0.297. The Morgan fingerprint density at radius 3 is 2.45 bits per heavy atom. The highest BCUT2D eigenvalue weighted by Crippen LogP contribution is 2.42. The van der Waals surface area contributed by atoms with E-state index in [1.165, 1.54) is 38.2 Å². The van der Waals surface area contributed by atoms with E-state index in [0.717, 1.165) is 57.2 Å². The Balaban J connectivity index is 1.29. The maximum Gasteiger partial charge on any atom is 0.227 e. The van der Waals surface area contributed by atoms with E-state index in [1.807, 2.05) is 11.0 Å². The number of rotatable bonds is 9. The molecule has 0 spiro atoms. The number of halogens is 2. The Kier molecular flexibility index (Phi) is 9.54. The molecule has 40 heavy (non-hydrogen) atoms. The van der Waals surface area contributed by atoms with Crippen molar-refractivity contribution in [2.24, 2.45) is 0 Å². The van der Waals surface area contributed by atoms with Crippen LogP contribution >= 0.6 is 11.6 Å². The third-order valence-electron chi connectivity index (χ3n) is 9.50. The molecule has 2 aromatic rings. The molecule has 0 aromatic heterocycles. The summed E-state index contributed by atoms with van der Waals surface area (Å²) in [4.78, 5) is 20.6. The van der Waals surface area contributed by atoms with Crippen LogP contribution in [0.15, 0.2) is 36.4 Å². The molecule has 0 N–H and O–H groups in total. The standard InChI is InChI=1S/C32H43ClFN3O3/c1-39-29-12-11-24(21-30(29)40-2)32(13-15-35-17-19-36(20-18-35)25-7-4-3-5-8-25)14-16-37(23-32)31(38)22-26-27(33)9-6-10-28(26)34/h6,9-12,21,25H,3-5,7-8,13-20,22-23H2,1-2H3. The summed E-state index contributed by atoms with van der Waals surface area (Å²) in [6.07, 6.45) is 8.60. The lowest BCUT2D eigenvalue weighted by molar-refractivity contribution is -0.129. The summed E-state index contributed by atoms with van der Waals surface area (Å²) >= 11 is 6.24. The number of amides is 1. The van der Waals surface area contributed by atoms with Gasteiger partial charge in [0, 0.05) is 61.3 Å². The highest BCUT2D eigenvalue weighted by Gasteiger charge is 2.42. The van der Waals surface area contributed by atoms with Crippen LogP contribution in [0, 0.1) is 5.82 Å². The molecule has 1 aliphatic carbocycles. The average molecular weight is 572 g/mol. The Bertz CT molecular complexity index is 1150. The van der Waals surface area contributed by atoms with Crippen molar-refractivity contribution in [1.29, 1.82) is 0 Å². The van der Waals surface area contributed by atoms with Crippen LogP contribution in [0.3, 0.4) is 0 Å². The lowest BCUT2D eigenvalue weighted by atomic mass is 9.76. The second-order valence-electron chi connectivity index (χ2n) is 11.7. The molecule has 3 aliphatic rings. The quantitative estimate of drug-likeness (QED) is 0.395. The minimum atomic E-state index is -0.432. The molecule has 1 atom stereocenters. The Morgan fingerprint density at radius 1 is 1.00 bits per heavy atom. The fraction of sp³-hybridized carbons (Fsp3) is 0.594. The van der Waals surface area contributed by atoms with E-state index < -0.39 is 5.82 Å². The highest BCUT2D eigenvalue weighted by atomic mass is 35.5. The van der Waals surface area contributed by atoms with Crippen LogP contribution in [0.5, 0.6) is 11.5 Å². The van der Waals surface area contributed by atoms with Crippen LogP contribution in [0.25, 0.3) is 0 Å². The zero-order valence-electron chi connectivity index (χ0n) is 24.0. The molecule has 5 rings (SSSR count). The zero-order chi connectivity index (χ0) is 28.1. The number of carbonyl (C=O) groups is 1. The fourth-order valence-electron chi connectivity index (χ4n) is 6.97. The van der Waals surface area contributed by atoms with Gasteiger partial charge in [-0.15, -0.1) is 0 Å². The van der Waals surface area contributed by atoms with E-state index in [2.05, 4.69) is 21.9 Å². The summed E-state index contributed by atoms with van der Waals surface area (Å²) < 4.78 is 25.6. The van der Waals surface area contributed by atoms with Gasteiger partial charge >= 0.3 is 0 Å². The lowest BCUT2D eigenvalue weighted by Crippen LogP contribution is -2.51. The van der Waals surface area contributed by atoms with Crippen molar-refractivity contribution < 1.29 is 18.7 Å². The summed E-state index contributed by atoms with van der Waals surface area (Å²) in [5.74, 6) is 0.873. The summed E-state index contributed by atoms with van der Waals surface area (Å²) in [6, 6.07) is 11.5. The maximum absolute atomic E-state index is 14.5. The van der Waals surface area contributed by atoms with Gasteiger partial charge in [-0.05, 0) is 62.1 Å². The van der Waals surface area contributed by atoms with Gasteiger partial charge < -0.3 is 19.3 Å². The van der Waals surface area contributed by atoms with Gasteiger partial charge in [0.15, 0.2) is 11.5 Å². The van der Waals surface area contributed by atoms with Crippen molar-refractivity contribution in [3.05, 3.63) is 58.4 Å².